The fraction of sp³-hybridized carbons (Fsp3) is 0.273. The summed E-state index contributed by atoms with van der Waals surface area (Å²) in [7, 11) is 0. The van der Waals surface area contributed by atoms with Crippen molar-refractivity contribution in [2.75, 3.05) is 13.4 Å². The van der Waals surface area contributed by atoms with E-state index in [1.165, 1.54) is 11.8 Å². The average Bonchev–Trinajstić information content (AvgIpc) is 3.47. The summed E-state index contributed by atoms with van der Waals surface area (Å²) in [5.41, 5.74) is 1.27. The van der Waals surface area contributed by atoms with E-state index >= 15 is 0 Å². The molecule has 4 aromatic rings. The molecule has 0 aliphatic carbocycles. The Bertz CT molecular complexity index is 1330. The van der Waals surface area contributed by atoms with Crippen molar-refractivity contribution in [1.82, 2.24) is 19.7 Å². The Balaban J connectivity index is 1.38. The van der Waals surface area contributed by atoms with Crippen LogP contribution >= 0.6 is 11.8 Å². The van der Waals surface area contributed by atoms with Crippen LogP contribution in [0.2, 0.25) is 0 Å². The first kappa shape index (κ1) is 20.4. The van der Waals surface area contributed by atoms with Gasteiger partial charge in [0.1, 0.15) is 5.75 Å². The zero-order valence-electron chi connectivity index (χ0n) is 17.5. The maximum atomic E-state index is 13.0. The van der Waals surface area contributed by atoms with Crippen LogP contribution in [0.1, 0.15) is 19.7 Å². The quantitative estimate of drug-likeness (QED) is 0.305. The first-order chi connectivity index (χ1) is 15.7. The Morgan fingerprint density at radius 2 is 1.88 bits per heavy atom. The van der Waals surface area contributed by atoms with E-state index in [0.717, 1.165) is 11.3 Å². The summed E-state index contributed by atoms with van der Waals surface area (Å²) in [6.45, 7) is 5.08. The molecule has 32 heavy (non-hydrogen) atoms. The van der Waals surface area contributed by atoms with Gasteiger partial charge in [0, 0.05) is 18.2 Å². The van der Waals surface area contributed by atoms with E-state index < -0.39 is 0 Å². The number of benzene rings is 2. The average molecular weight is 452 g/mol. The minimum Gasteiger partial charge on any atom is -0.494 e. The summed E-state index contributed by atoms with van der Waals surface area (Å²) in [4.78, 5) is 22.2. The molecule has 0 saturated carbocycles. The van der Waals surface area contributed by atoms with Gasteiger partial charge in [-0.25, -0.2) is 4.98 Å². The van der Waals surface area contributed by atoms with Gasteiger partial charge in [-0.2, -0.15) is 4.98 Å². The summed E-state index contributed by atoms with van der Waals surface area (Å²) in [5, 5.41) is 5.13. The van der Waals surface area contributed by atoms with Crippen molar-refractivity contribution >= 4 is 22.7 Å². The van der Waals surface area contributed by atoms with Crippen LogP contribution in [0.3, 0.4) is 0 Å². The SMILES string of the molecule is CCOc1ccc(-c2noc(CSc3nc4cc5c(cc4c(=O)n3CC)OCO5)n2)cc1. The van der Waals surface area contributed by atoms with E-state index in [1.807, 2.05) is 38.1 Å². The van der Waals surface area contributed by atoms with Crippen LogP contribution in [0, 0.1) is 0 Å². The summed E-state index contributed by atoms with van der Waals surface area (Å²) in [6.07, 6.45) is 0. The third-order valence-electron chi connectivity index (χ3n) is 4.95. The second-order valence-corrected chi connectivity index (χ2v) is 7.87. The van der Waals surface area contributed by atoms with Gasteiger partial charge in [0.15, 0.2) is 16.7 Å². The summed E-state index contributed by atoms with van der Waals surface area (Å²) >= 11 is 1.37. The molecule has 3 heterocycles. The molecule has 1 aliphatic rings. The van der Waals surface area contributed by atoms with Crippen LogP contribution in [-0.4, -0.2) is 33.1 Å². The minimum absolute atomic E-state index is 0.126. The van der Waals surface area contributed by atoms with Crippen molar-refractivity contribution < 1.29 is 18.7 Å². The largest absolute Gasteiger partial charge is 0.494 e. The molecule has 5 rings (SSSR count). The van der Waals surface area contributed by atoms with Crippen LogP contribution < -0.4 is 19.8 Å². The fourth-order valence-electron chi connectivity index (χ4n) is 3.40. The standard InChI is InChI=1S/C22H20N4O5S/c1-3-26-21(27)15-9-17-18(30-12-29-17)10-16(15)23-22(26)32-11-19-24-20(25-31-19)13-5-7-14(8-6-13)28-4-2/h5-10H,3-4,11-12H2,1-2H3. The maximum absolute atomic E-state index is 13.0. The number of thioether (sulfide) groups is 1. The van der Waals surface area contributed by atoms with Crippen LogP contribution in [-0.2, 0) is 12.3 Å². The Morgan fingerprint density at radius 1 is 1.09 bits per heavy atom. The zero-order chi connectivity index (χ0) is 22.1. The van der Waals surface area contributed by atoms with Gasteiger partial charge in [0.05, 0.1) is 23.3 Å². The lowest BCUT2D eigenvalue weighted by Crippen LogP contribution is -2.22. The molecule has 0 N–H and O–H groups in total. The van der Waals surface area contributed by atoms with E-state index in [2.05, 4.69) is 15.1 Å². The molecule has 0 spiro atoms. The van der Waals surface area contributed by atoms with Gasteiger partial charge in [-0.3, -0.25) is 9.36 Å². The number of ether oxygens (including phenoxy) is 3. The number of rotatable bonds is 7. The second kappa shape index (κ2) is 8.54. The number of nitrogens with zero attached hydrogens (tertiary/aromatic N) is 4. The molecule has 2 aromatic carbocycles. The monoisotopic (exact) mass is 452 g/mol. The van der Waals surface area contributed by atoms with Gasteiger partial charge in [-0.1, -0.05) is 16.9 Å². The predicted octanol–water partition coefficient (Wildman–Crippen LogP) is 3.89. The number of fused-ring (bicyclic) bond motifs is 2. The zero-order valence-corrected chi connectivity index (χ0v) is 18.3. The Morgan fingerprint density at radius 3 is 2.62 bits per heavy atom. The van der Waals surface area contributed by atoms with Crippen molar-refractivity contribution in [3.63, 3.8) is 0 Å². The molecule has 9 nitrogen and oxygen atoms in total. The molecule has 0 unspecified atom stereocenters. The molecule has 0 atom stereocenters. The van der Waals surface area contributed by atoms with Crippen molar-refractivity contribution in [1.29, 1.82) is 0 Å². The highest BCUT2D eigenvalue weighted by molar-refractivity contribution is 7.98. The van der Waals surface area contributed by atoms with Crippen LogP contribution in [0.4, 0.5) is 0 Å². The first-order valence-corrected chi connectivity index (χ1v) is 11.2. The summed E-state index contributed by atoms with van der Waals surface area (Å²) in [6, 6.07) is 10.9. The highest BCUT2D eigenvalue weighted by Gasteiger charge is 2.19. The lowest BCUT2D eigenvalue weighted by atomic mass is 10.2. The predicted molar refractivity (Wildman–Crippen MR) is 118 cm³/mol. The van der Waals surface area contributed by atoms with Gasteiger partial charge in [-0.05, 0) is 44.2 Å². The number of hydrogen-bond donors (Lipinski definition) is 0. The van der Waals surface area contributed by atoms with Crippen molar-refractivity contribution in [2.24, 2.45) is 0 Å². The Hall–Kier alpha value is -3.53. The lowest BCUT2D eigenvalue weighted by molar-refractivity contribution is 0.174. The van der Waals surface area contributed by atoms with Gasteiger partial charge in [-0.15, -0.1) is 0 Å². The van der Waals surface area contributed by atoms with Gasteiger partial charge in [0.25, 0.3) is 5.56 Å². The summed E-state index contributed by atoms with van der Waals surface area (Å²) in [5.74, 6) is 3.26. The number of aromatic nitrogens is 4. The smallest absolute Gasteiger partial charge is 0.262 e. The van der Waals surface area contributed by atoms with E-state index in [-0.39, 0.29) is 12.4 Å². The second-order valence-electron chi connectivity index (χ2n) is 6.92. The van der Waals surface area contributed by atoms with Gasteiger partial charge in [0.2, 0.25) is 18.5 Å². The van der Waals surface area contributed by atoms with Crippen LogP contribution in [0.25, 0.3) is 22.3 Å². The normalized spacial score (nSPS) is 12.4. The van der Waals surface area contributed by atoms with Gasteiger partial charge >= 0.3 is 0 Å². The third kappa shape index (κ3) is 3.77. The third-order valence-corrected chi connectivity index (χ3v) is 5.91. The maximum Gasteiger partial charge on any atom is 0.262 e. The summed E-state index contributed by atoms with van der Waals surface area (Å²) < 4.78 is 23.3. The molecule has 0 radical (unpaired) electrons. The van der Waals surface area contributed by atoms with Crippen molar-refractivity contribution in [3.05, 3.63) is 52.6 Å². The van der Waals surface area contributed by atoms with E-state index in [1.54, 1.807) is 16.7 Å². The fourth-order valence-corrected chi connectivity index (χ4v) is 4.30. The van der Waals surface area contributed by atoms with Crippen LogP contribution in [0.15, 0.2) is 50.9 Å². The molecule has 0 amide bonds. The van der Waals surface area contributed by atoms with E-state index in [0.29, 0.717) is 58.2 Å². The van der Waals surface area contributed by atoms with Crippen LogP contribution in [0.5, 0.6) is 17.2 Å². The molecule has 2 aromatic heterocycles. The topological polar surface area (TPSA) is 102 Å². The highest BCUT2D eigenvalue weighted by atomic mass is 32.2. The highest BCUT2D eigenvalue weighted by Crippen LogP contribution is 2.35. The van der Waals surface area contributed by atoms with Gasteiger partial charge < -0.3 is 18.7 Å². The molecule has 1 aliphatic heterocycles. The van der Waals surface area contributed by atoms with E-state index in [4.69, 9.17) is 18.7 Å². The molecular formula is C22H20N4O5S. The molecule has 10 heteroatoms. The molecule has 0 fully saturated rings. The lowest BCUT2D eigenvalue weighted by Gasteiger charge is -2.10. The minimum atomic E-state index is -0.126. The Kier molecular flexibility index (Phi) is 5.44. The number of hydrogen-bond acceptors (Lipinski definition) is 9. The van der Waals surface area contributed by atoms with E-state index in [9.17, 15) is 4.79 Å². The first-order valence-electron chi connectivity index (χ1n) is 10.2. The van der Waals surface area contributed by atoms with Crippen molar-refractivity contribution in [3.8, 4) is 28.6 Å². The molecule has 164 valence electrons. The molecule has 0 bridgehead atoms. The van der Waals surface area contributed by atoms with Crippen molar-refractivity contribution in [2.45, 2.75) is 31.3 Å². The molecular weight excluding hydrogens is 432 g/mol. The molecule has 0 saturated heterocycles. The Labute approximate surface area is 187 Å².